The Balaban J connectivity index is 1.20. The summed E-state index contributed by atoms with van der Waals surface area (Å²) in [6.07, 6.45) is 4.27. The van der Waals surface area contributed by atoms with Crippen molar-refractivity contribution >= 4 is 64.2 Å². The van der Waals surface area contributed by atoms with Crippen LogP contribution in [0.1, 0.15) is 22.9 Å². The van der Waals surface area contributed by atoms with Gasteiger partial charge in [-0.05, 0) is 63.0 Å². The van der Waals surface area contributed by atoms with Crippen molar-refractivity contribution in [1.82, 2.24) is 15.0 Å². The van der Waals surface area contributed by atoms with Gasteiger partial charge in [0.2, 0.25) is 0 Å². The summed E-state index contributed by atoms with van der Waals surface area (Å²) in [5.74, 6) is 2.75. The fraction of sp³-hybridized carbons (Fsp3) is 0.0426. The minimum Gasteiger partial charge on any atom is -0.485 e. The van der Waals surface area contributed by atoms with Gasteiger partial charge in [-0.15, -0.1) is 11.3 Å². The highest BCUT2D eigenvalue weighted by Crippen LogP contribution is 2.52. The minimum absolute atomic E-state index is 0.0989. The molecule has 0 bridgehead atoms. The van der Waals surface area contributed by atoms with Crippen LogP contribution in [0.5, 0.6) is 5.75 Å². The number of rotatable bonds is 4. The van der Waals surface area contributed by atoms with Crippen molar-refractivity contribution in [1.29, 1.82) is 0 Å². The molecule has 0 spiro atoms. The molecule has 3 heterocycles. The molecular formula is C47H29N3OS. The van der Waals surface area contributed by atoms with E-state index < -0.39 is 0 Å². The monoisotopic (exact) mass is 683 g/mol. The molecule has 0 saturated carbocycles. The van der Waals surface area contributed by atoms with Gasteiger partial charge >= 0.3 is 0 Å². The van der Waals surface area contributed by atoms with E-state index in [0.717, 1.165) is 39.0 Å². The zero-order valence-corrected chi connectivity index (χ0v) is 28.7. The Bertz CT molecular complexity index is 2960. The number of fused-ring (bicyclic) bond motifs is 9. The SMILES string of the molecule is C1=CC2Oc3ccccc3C2C(c2nc(-c3ccccc3)nc(-c3ccc4c(ccc5ccccc54)c3)n2)=C1c1cccc2sc3ccccc3c12. The van der Waals surface area contributed by atoms with Crippen LogP contribution in [0.3, 0.4) is 0 Å². The second-order valence-electron chi connectivity index (χ2n) is 13.5. The molecule has 5 heteroatoms. The normalized spacial score (nSPS) is 16.5. The summed E-state index contributed by atoms with van der Waals surface area (Å²) in [6.45, 7) is 0. The van der Waals surface area contributed by atoms with Crippen molar-refractivity contribution in [3.8, 4) is 28.5 Å². The summed E-state index contributed by atoms with van der Waals surface area (Å²) in [5, 5.41) is 7.33. The van der Waals surface area contributed by atoms with Gasteiger partial charge in [-0.2, -0.15) is 0 Å². The summed E-state index contributed by atoms with van der Waals surface area (Å²) in [7, 11) is 0. The molecule has 0 radical (unpaired) electrons. The topological polar surface area (TPSA) is 47.9 Å². The van der Waals surface area contributed by atoms with Gasteiger partial charge in [0, 0.05) is 42.4 Å². The molecule has 2 atom stereocenters. The van der Waals surface area contributed by atoms with E-state index in [2.05, 4.69) is 140 Å². The zero-order chi connectivity index (χ0) is 34.2. The Morgan fingerprint density at radius 2 is 1.23 bits per heavy atom. The third-order valence-electron chi connectivity index (χ3n) is 10.5. The maximum atomic E-state index is 6.61. The number of nitrogens with zero attached hydrogens (tertiary/aromatic N) is 3. The molecule has 2 aliphatic rings. The second-order valence-corrected chi connectivity index (χ2v) is 14.5. The highest BCUT2D eigenvalue weighted by molar-refractivity contribution is 7.25. The first-order chi connectivity index (χ1) is 25.8. The van der Waals surface area contributed by atoms with Crippen LogP contribution in [0.25, 0.3) is 75.6 Å². The number of benzene rings is 7. The average Bonchev–Trinajstić information content (AvgIpc) is 3.79. The quantitative estimate of drug-likeness (QED) is 0.173. The zero-order valence-electron chi connectivity index (χ0n) is 27.9. The molecule has 0 fully saturated rings. The third-order valence-corrected chi connectivity index (χ3v) is 11.6. The first kappa shape index (κ1) is 29.3. The van der Waals surface area contributed by atoms with E-state index in [0.29, 0.717) is 17.5 Å². The van der Waals surface area contributed by atoms with Crippen LogP contribution in [0.15, 0.2) is 164 Å². The van der Waals surface area contributed by atoms with E-state index in [4.69, 9.17) is 19.7 Å². The largest absolute Gasteiger partial charge is 0.485 e. The number of hydrogen-bond acceptors (Lipinski definition) is 5. The van der Waals surface area contributed by atoms with Gasteiger partial charge in [0.05, 0.1) is 5.92 Å². The van der Waals surface area contributed by atoms with Crippen molar-refractivity contribution in [3.05, 3.63) is 181 Å². The summed E-state index contributed by atoms with van der Waals surface area (Å²) in [5.41, 5.74) is 6.36. The van der Waals surface area contributed by atoms with Crippen molar-refractivity contribution in [2.75, 3.05) is 0 Å². The molecule has 9 aromatic rings. The predicted octanol–water partition coefficient (Wildman–Crippen LogP) is 11.9. The van der Waals surface area contributed by atoms with Gasteiger partial charge in [0.15, 0.2) is 17.5 Å². The maximum absolute atomic E-state index is 6.61. The lowest BCUT2D eigenvalue weighted by Gasteiger charge is -2.26. The maximum Gasteiger partial charge on any atom is 0.164 e. The molecule has 0 amide bonds. The lowest BCUT2D eigenvalue weighted by atomic mass is 9.78. The smallest absolute Gasteiger partial charge is 0.164 e. The standard InChI is InChI=1S/C47H29N3OS/c1-2-12-29(13-3-1)45-48-46(31-23-24-33-30(27-31)22-21-28-11-4-5-14-32(28)33)50-47(49-45)44-35(25-26-39-43(44)36-15-6-8-18-38(36)51-39)34-17-10-20-41-42(34)37-16-7-9-19-40(37)52-41/h1-27,39,43H. The van der Waals surface area contributed by atoms with Crippen LogP contribution in [0.4, 0.5) is 0 Å². The molecule has 1 aliphatic carbocycles. The summed E-state index contributed by atoms with van der Waals surface area (Å²) in [6, 6.07) is 53.4. The number of ether oxygens (including phenoxy) is 1. The first-order valence-corrected chi connectivity index (χ1v) is 18.4. The van der Waals surface area contributed by atoms with E-state index in [-0.39, 0.29) is 12.0 Å². The van der Waals surface area contributed by atoms with Gasteiger partial charge in [-0.1, -0.05) is 133 Å². The molecule has 2 unspecified atom stereocenters. The van der Waals surface area contributed by atoms with Crippen LogP contribution in [-0.2, 0) is 0 Å². The van der Waals surface area contributed by atoms with E-state index in [1.54, 1.807) is 0 Å². The predicted molar refractivity (Wildman–Crippen MR) is 215 cm³/mol. The lowest BCUT2D eigenvalue weighted by Crippen LogP contribution is -2.22. The Morgan fingerprint density at radius 3 is 2.15 bits per heavy atom. The Morgan fingerprint density at radius 1 is 0.519 bits per heavy atom. The Labute approximate surface area is 304 Å². The number of hydrogen-bond donors (Lipinski definition) is 0. The molecular weight excluding hydrogens is 655 g/mol. The molecule has 0 saturated heterocycles. The summed E-state index contributed by atoms with van der Waals surface area (Å²) in [4.78, 5) is 15.9. The van der Waals surface area contributed by atoms with Crippen molar-refractivity contribution in [2.24, 2.45) is 0 Å². The molecule has 244 valence electrons. The average molecular weight is 684 g/mol. The fourth-order valence-electron chi connectivity index (χ4n) is 8.14. The van der Waals surface area contributed by atoms with Crippen LogP contribution in [0.2, 0.25) is 0 Å². The van der Waals surface area contributed by atoms with Crippen LogP contribution >= 0.6 is 11.3 Å². The number of aromatic nitrogens is 3. The van der Waals surface area contributed by atoms with Crippen LogP contribution in [-0.4, -0.2) is 21.1 Å². The van der Waals surface area contributed by atoms with Gasteiger partial charge in [-0.3, -0.25) is 0 Å². The van der Waals surface area contributed by atoms with Crippen molar-refractivity contribution in [2.45, 2.75) is 12.0 Å². The van der Waals surface area contributed by atoms with Gasteiger partial charge < -0.3 is 4.74 Å². The van der Waals surface area contributed by atoms with Gasteiger partial charge in [0.25, 0.3) is 0 Å². The Hall–Kier alpha value is -6.43. The molecule has 52 heavy (non-hydrogen) atoms. The molecule has 1 aliphatic heterocycles. The van der Waals surface area contributed by atoms with E-state index >= 15 is 0 Å². The third kappa shape index (κ3) is 4.56. The van der Waals surface area contributed by atoms with Crippen LogP contribution in [0, 0.1) is 0 Å². The number of thiophene rings is 1. The van der Waals surface area contributed by atoms with Crippen LogP contribution < -0.4 is 4.74 Å². The van der Waals surface area contributed by atoms with Gasteiger partial charge in [-0.25, -0.2) is 15.0 Å². The molecule has 0 N–H and O–H groups in total. The molecule has 4 nitrogen and oxygen atoms in total. The fourth-order valence-corrected chi connectivity index (χ4v) is 9.27. The highest BCUT2D eigenvalue weighted by Gasteiger charge is 2.41. The van der Waals surface area contributed by atoms with Gasteiger partial charge in [0.1, 0.15) is 11.9 Å². The summed E-state index contributed by atoms with van der Waals surface area (Å²) >= 11 is 1.83. The summed E-state index contributed by atoms with van der Waals surface area (Å²) < 4.78 is 9.15. The van der Waals surface area contributed by atoms with E-state index in [1.807, 2.05) is 35.6 Å². The Kier molecular flexibility index (Phi) is 6.51. The number of allylic oxidation sites excluding steroid dienone is 2. The first-order valence-electron chi connectivity index (χ1n) is 17.6. The van der Waals surface area contributed by atoms with E-state index in [9.17, 15) is 0 Å². The van der Waals surface area contributed by atoms with Crippen molar-refractivity contribution in [3.63, 3.8) is 0 Å². The molecule has 11 rings (SSSR count). The lowest BCUT2D eigenvalue weighted by molar-refractivity contribution is 0.271. The second kappa shape index (κ2) is 11.6. The van der Waals surface area contributed by atoms with E-state index in [1.165, 1.54) is 41.9 Å². The molecule has 7 aromatic carbocycles. The van der Waals surface area contributed by atoms with Crippen molar-refractivity contribution < 1.29 is 4.74 Å². The molecule has 2 aromatic heterocycles. The minimum atomic E-state index is -0.177. The highest BCUT2D eigenvalue weighted by atomic mass is 32.1. The number of para-hydroxylation sites is 1.